The third-order valence-corrected chi connectivity index (χ3v) is 5.72. The summed E-state index contributed by atoms with van der Waals surface area (Å²) in [5.41, 5.74) is 0.284. The summed E-state index contributed by atoms with van der Waals surface area (Å²) in [6, 6.07) is 0. The number of hydrogen-bond donors (Lipinski definition) is 0. The van der Waals surface area contributed by atoms with Gasteiger partial charge in [-0.3, -0.25) is 4.79 Å². The van der Waals surface area contributed by atoms with Crippen LogP contribution in [-0.2, 0) is 9.53 Å². The highest BCUT2D eigenvalue weighted by Gasteiger charge is 2.39. The van der Waals surface area contributed by atoms with Crippen molar-refractivity contribution in [3.8, 4) is 0 Å². The van der Waals surface area contributed by atoms with Crippen LogP contribution in [0, 0.1) is 23.2 Å². The number of carbonyl (C=O) groups excluding carboxylic acids is 1. The highest BCUT2D eigenvalue weighted by Crippen LogP contribution is 2.46. The molecule has 0 saturated carbocycles. The van der Waals surface area contributed by atoms with Crippen LogP contribution in [0.2, 0.25) is 0 Å². The Hall–Kier alpha value is -0.530. The Morgan fingerprint density at radius 2 is 1.50 bits per heavy atom. The Bertz CT molecular complexity index is 265. The van der Waals surface area contributed by atoms with Gasteiger partial charge >= 0.3 is 5.97 Å². The molecule has 0 aliphatic carbocycles. The monoisotopic (exact) mass is 284 g/mol. The summed E-state index contributed by atoms with van der Waals surface area (Å²) in [4.78, 5) is 12.2. The second-order valence-electron chi connectivity index (χ2n) is 6.30. The zero-order valence-corrected chi connectivity index (χ0v) is 14.8. The summed E-state index contributed by atoms with van der Waals surface area (Å²) in [6.45, 7) is 13.5. The van der Waals surface area contributed by atoms with Gasteiger partial charge in [0.1, 0.15) is 0 Å². The van der Waals surface area contributed by atoms with Crippen LogP contribution >= 0.6 is 0 Å². The zero-order valence-electron chi connectivity index (χ0n) is 14.8. The highest BCUT2D eigenvalue weighted by atomic mass is 16.5. The number of carbonyl (C=O) groups is 1. The van der Waals surface area contributed by atoms with Crippen molar-refractivity contribution in [1.82, 2.24) is 0 Å². The van der Waals surface area contributed by atoms with Crippen LogP contribution in [0.15, 0.2) is 0 Å². The SMILES string of the molecule is CCC(C)C(CC(CC)(CC)C(CC)CC)C(=O)OC. The van der Waals surface area contributed by atoms with Crippen LogP contribution in [0.1, 0.15) is 80.1 Å². The molecule has 0 bridgehead atoms. The Kier molecular flexibility index (Phi) is 9.16. The largest absolute Gasteiger partial charge is 0.469 e. The summed E-state index contributed by atoms with van der Waals surface area (Å²) in [5, 5.41) is 0. The van der Waals surface area contributed by atoms with Crippen molar-refractivity contribution in [2.45, 2.75) is 80.1 Å². The van der Waals surface area contributed by atoms with E-state index in [1.807, 2.05) is 0 Å². The smallest absolute Gasteiger partial charge is 0.308 e. The van der Waals surface area contributed by atoms with Gasteiger partial charge in [-0.15, -0.1) is 0 Å². The summed E-state index contributed by atoms with van der Waals surface area (Å²) in [6.07, 6.45) is 6.72. The van der Waals surface area contributed by atoms with Gasteiger partial charge in [0.25, 0.3) is 0 Å². The molecule has 20 heavy (non-hydrogen) atoms. The van der Waals surface area contributed by atoms with Crippen LogP contribution in [0.4, 0.5) is 0 Å². The molecule has 2 atom stereocenters. The molecule has 0 aromatic carbocycles. The molecule has 0 aromatic heterocycles. The van der Waals surface area contributed by atoms with E-state index in [1.165, 1.54) is 20.0 Å². The van der Waals surface area contributed by atoms with Gasteiger partial charge in [-0.2, -0.15) is 0 Å². The van der Waals surface area contributed by atoms with Crippen LogP contribution in [0.3, 0.4) is 0 Å². The Balaban J connectivity index is 5.32. The summed E-state index contributed by atoms with van der Waals surface area (Å²) >= 11 is 0. The molecular weight excluding hydrogens is 248 g/mol. The molecule has 0 heterocycles. The lowest BCUT2D eigenvalue weighted by atomic mass is 9.63. The molecule has 0 N–H and O–H groups in total. The van der Waals surface area contributed by atoms with Gasteiger partial charge in [0.2, 0.25) is 0 Å². The average Bonchev–Trinajstić information content (AvgIpc) is 2.50. The van der Waals surface area contributed by atoms with Crippen LogP contribution in [0.25, 0.3) is 0 Å². The van der Waals surface area contributed by atoms with E-state index < -0.39 is 0 Å². The normalized spacial score (nSPS) is 15.2. The third-order valence-electron chi connectivity index (χ3n) is 5.72. The fourth-order valence-corrected chi connectivity index (χ4v) is 3.83. The van der Waals surface area contributed by atoms with Crippen molar-refractivity contribution < 1.29 is 9.53 Å². The number of rotatable bonds is 10. The van der Waals surface area contributed by atoms with E-state index in [0.717, 1.165) is 25.7 Å². The van der Waals surface area contributed by atoms with Crippen molar-refractivity contribution in [2.24, 2.45) is 23.2 Å². The maximum atomic E-state index is 12.2. The zero-order chi connectivity index (χ0) is 15.8. The molecule has 0 radical (unpaired) electrons. The first-order valence-corrected chi connectivity index (χ1v) is 8.53. The van der Waals surface area contributed by atoms with Gasteiger partial charge in [0.15, 0.2) is 0 Å². The van der Waals surface area contributed by atoms with Crippen molar-refractivity contribution >= 4 is 5.97 Å². The van der Waals surface area contributed by atoms with Crippen molar-refractivity contribution in [3.05, 3.63) is 0 Å². The van der Waals surface area contributed by atoms with E-state index in [4.69, 9.17) is 4.74 Å². The maximum Gasteiger partial charge on any atom is 0.308 e. The van der Waals surface area contributed by atoms with Gasteiger partial charge in [-0.25, -0.2) is 0 Å². The lowest BCUT2D eigenvalue weighted by molar-refractivity contribution is -0.149. The fourth-order valence-electron chi connectivity index (χ4n) is 3.83. The second-order valence-corrected chi connectivity index (χ2v) is 6.30. The van der Waals surface area contributed by atoms with E-state index in [1.54, 1.807) is 0 Å². The van der Waals surface area contributed by atoms with E-state index in [2.05, 4.69) is 41.5 Å². The van der Waals surface area contributed by atoms with E-state index >= 15 is 0 Å². The van der Waals surface area contributed by atoms with Crippen LogP contribution in [0.5, 0.6) is 0 Å². The molecular formula is C18H36O2. The Labute approximate surface area is 126 Å². The van der Waals surface area contributed by atoms with E-state index in [-0.39, 0.29) is 17.3 Å². The molecule has 0 aromatic rings. The molecule has 0 rings (SSSR count). The van der Waals surface area contributed by atoms with Gasteiger partial charge in [0.05, 0.1) is 13.0 Å². The summed E-state index contributed by atoms with van der Waals surface area (Å²) in [5.74, 6) is 1.13. The predicted octanol–water partition coefficient (Wildman–Crippen LogP) is 5.45. The minimum absolute atomic E-state index is 0.0171. The second kappa shape index (κ2) is 9.41. The van der Waals surface area contributed by atoms with Gasteiger partial charge in [-0.1, -0.05) is 73.6 Å². The molecule has 120 valence electrons. The first kappa shape index (κ1) is 19.5. The van der Waals surface area contributed by atoms with Crippen LogP contribution in [-0.4, -0.2) is 13.1 Å². The standard InChI is InChI=1S/C18H36O2/c1-8-14(6)16(17(19)20-7)13-18(11-4,12-5)15(9-2)10-3/h14-16H,8-13H2,1-7H3. The molecule has 2 nitrogen and oxygen atoms in total. The molecule has 0 aliphatic rings. The summed E-state index contributed by atoms with van der Waals surface area (Å²) in [7, 11) is 1.52. The maximum absolute atomic E-state index is 12.2. The Morgan fingerprint density at radius 3 is 1.80 bits per heavy atom. The molecule has 0 fully saturated rings. The molecule has 0 aliphatic heterocycles. The van der Waals surface area contributed by atoms with Crippen molar-refractivity contribution in [1.29, 1.82) is 0 Å². The average molecular weight is 284 g/mol. The van der Waals surface area contributed by atoms with E-state index in [9.17, 15) is 4.79 Å². The highest BCUT2D eigenvalue weighted by molar-refractivity contribution is 5.72. The summed E-state index contributed by atoms with van der Waals surface area (Å²) < 4.78 is 5.08. The number of ether oxygens (including phenoxy) is 1. The van der Waals surface area contributed by atoms with Crippen molar-refractivity contribution in [2.75, 3.05) is 7.11 Å². The molecule has 0 spiro atoms. The lowest BCUT2D eigenvalue weighted by Crippen LogP contribution is -2.36. The molecule has 2 heteroatoms. The van der Waals surface area contributed by atoms with Gasteiger partial charge in [-0.05, 0) is 23.7 Å². The quantitative estimate of drug-likeness (QED) is 0.498. The number of methoxy groups -OCH3 is 1. The number of hydrogen-bond acceptors (Lipinski definition) is 2. The fraction of sp³-hybridized carbons (Fsp3) is 0.944. The molecule has 2 unspecified atom stereocenters. The first-order valence-electron chi connectivity index (χ1n) is 8.53. The van der Waals surface area contributed by atoms with Crippen LogP contribution < -0.4 is 0 Å². The Morgan fingerprint density at radius 1 is 1.00 bits per heavy atom. The minimum atomic E-state index is -0.0171. The van der Waals surface area contributed by atoms with Crippen molar-refractivity contribution in [3.63, 3.8) is 0 Å². The third kappa shape index (κ3) is 4.49. The molecule has 0 amide bonds. The number of esters is 1. The predicted molar refractivity (Wildman–Crippen MR) is 86.7 cm³/mol. The van der Waals surface area contributed by atoms with Gasteiger partial charge < -0.3 is 4.74 Å². The minimum Gasteiger partial charge on any atom is -0.469 e. The molecule has 0 saturated heterocycles. The lowest BCUT2D eigenvalue weighted by Gasteiger charge is -2.42. The first-order chi connectivity index (χ1) is 9.45. The van der Waals surface area contributed by atoms with E-state index in [0.29, 0.717) is 11.8 Å². The van der Waals surface area contributed by atoms with Gasteiger partial charge in [0, 0.05) is 0 Å². The topological polar surface area (TPSA) is 26.3 Å².